The van der Waals surface area contributed by atoms with E-state index in [1.54, 1.807) is 0 Å². The molecule has 156 valence electrons. The molecular weight excluding hydrogens is 395 g/mol. The number of furan rings is 1. The standard InChI is InChI=1S/C28H23BO3/c1-27(2)28(3,4)32-29(31-27)21-14-8-13-20-24-22(30-26(20)21)15-16-9-7-12-18-17-10-5-6-11-19(17)25(24)23(16)18/h5-15H,1-4H3. The van der Waals surface area contributed by atoms with Gasteiger partial charge >= 0.3 is 7.12 Å². The van der Waals surface area contributed by atoms with Gasteiger partial charge in [-0.2, -0.15) is 0 Å². The maximum absolute atomic E-state index is 6.56. The van der Waals surface area contributed by atoms with Crippen LogP contribution in [0.2, 0.25) is 0 Å². The van der Waals surface area contributed by atoms with E-state index in [9.17, 15) is 0 Å². The maximum atomic E-state index is 6.56. The number of para-hydroxylation sites is 1. The van der Waals surface area contributed by atoms with Crippen molar-refractivity contribution in [2.45, 2.75) is 38.9 Å². The molecule has 3 nitrogen and oxygen atoms in total. The van der Waals surface area contributed by atoms with E-state index in [4.69, 9.17) is 13.7 Å². The quantitative estimate of drug-likeness (QED) is 0.279. The van der Waals surface area contributed by atoms with E-state index in [1.165, 1.54) is 38.4 Å². The van der Waals surface area contributed by atoms with E-state index >= 15 is 0 Å². The fraction of sp³-hybridized carbons (Fsp3) is 0.214. The molecular formula is C28H23BO3. The first-order valence-corrected chi connectivity index (χ1v) is 11.2. The summed E-state index contributed by atoms with van der Waals surface area (Å²) in [7, 11) is -0.463. The lowest BCUT2D eigenvalue weighted by Crippen LogP contribution is -2.41. The van der Waals surface area contributed by atoms with E-state index < -0.39 is 18.3 Å². The fourth-order valence-electron chi connectivity index (χ4n) is 5.34. The molecule has 2 aliphatic rings. The fourth-order valence-corrected chi connectivity index (χ4v) is 5.34. The highest BCUT2D eigenvalue weighted by Crippen LogP contribution is 2.52. The molecule has 1 aromatic heterocycles. The van der Waals surface area contributed by atoms with Crippen LogP contribution >= 0.6 is 0 Å². The average molecular weight is 418 g/mol. The molecule has 1 aliphatic heterocycles. The Morgan fingerprint density at radius 1 is 0.688 bits per heavy atom. The summed E-state index contributed by atoms with van der Waals surface area (Å²) >= 11 is 0. The molecule has 7 rings (SSSR count). The number of fused-ring (bicyclic) bond motifs is 7. The molecule has 2 heterocycles. The second-order valence-corrected chi connectivity index (χ2v) is 9.99. The highest BCUT2D eigenvalue weighted by atomic mass is 16.7. The highest BCUT2D eigenvalue weighted by Gasteiger charge is 2.52. The summed E-state index contributed by atoms with van der Waals surface area (Å²) in [4.78, 5) is 0. The molecule has 0 bridgehead atoms. The molecule has 5 aromatic rings. The van der Waals surface area contributed by atoms with Gasteiger partial charge in [0.25, 0.3) is 0 Å². The number of hydrogen-bond acceptors (Lipinski definition) is 3. The van der Waals surface area contributed by atoms with E-state index in [2.05, 4.69) is 94.4 Å². The molecule has 0 saturated carbocycles. The Labute approximate surface area is 187 Å². The normalized spacial score (nSPS) is 18.2. The van der Waals surface area contributed by atoms with Crippen molar-refractivity contribution in [1.29, 1.82) is 0 Å². The van der Waals surface area contributed by atoms with Gasteiger partial charge in [0.05, 0.1) is 11.2 Å². The molecule has 0 atom stereocenters. The zero-order valence-corrected chi connectivity index (χ0v) is 18.7. The maximum Gasteiger partial charge on any atom is 0.498 e. The third-order valence-corrected chi connectivity index (χ3v) is 7.65. The second kappa shape index (κ2) is 5.83. The molecule has 0 spiro atoms. The molecule has 1 fully saturated rings. The van der Waals surface area contributed by atoms with Crippen molar-refractivity contribution < 1.29 is 13.7 Å². The smallest absolute Gasteiger partial charge is 0.456 e. The van der Waals surface area contributed by atoms with Gasteiger partial charge in [0.15, 0.2) is 0 Å². The predicted octanol–water partition coefficient (Wildman–Crippen LogP) is 6.69. The van der Waals surface area contributed by atoms with Crippen LogP contribution < -0.4 is 5.46 Å². The van der Waals surface area contributed by atoms with Gasteiger partial charge < -0.3 is 13.7 Å². The minimum atomic E-state index is -0.463. The van der Waals surface area contributed by atoms with E-state index in [0.29, 0.717) is 0 Å². The van der Waals surface area contributed by atoms with Crippen LogP contribution in [0, 0.1) is 0 Å². The number of hydrogen-bond donors (Lipinski definition) is 0. The summed E-state index contributed by atoms with van der Waals surface area (Å²) in [6.45, 7) is 8.32. The van der Waals surface area contributed by atoms with Crippen LogP contribution in [0.1, 0.15) is 27.7 Å². The second-order valence-electron chi connectivity index (χ2n) is 9.99. The molecule has 0 amide bonds. The monoisotopic (exact) mass is 418 g/mol. The first kappa shape index (κ1) is 18.5. The van der Waals surface area contributed by atoms with Crippen LogP contribution in [-0.2, 0) is 9.31 Å². The molecule has 0 N–H and O–H groups in total. The van der Waals surface area contributed by atoms with Crippen molar-refractivity contribution in [2.24, 2.45) is 0 Å². The first-order chi connectivity index (χ1) is 15.4. The van der Waals surface area contributed by atoms with Crippen LogP contribution in [0.3, 0.4) is 0 Å². The molecule has 4 aromatic carbocycles. The first-order valence-electron chi connectivity index (χ1n) is 11.2. The SMILES string of the molecule is CC1(C)OB(c2cccc3c2oc2cc4cccc5c4c(c23)-c2ccccc2-5)OC1(C)C. The summed E-state index contributed by atoms with van der Waals surface area (Å²) < 4.78 is 19.3. The zero-order valence-electron chi connectivity index (χ0n) is 18.7. The third-order valence-electron chi connectivity index (χ3n) is 7.65. The Balaban J connectivity index is 1.57. The van der Waals surface area contributed by atoms with Crippen molar-refractivity contribution in [3.63, 3.8) is 0 Å². The summed E-state index contributed by atoms with van der Waals surface area (Å²) in [6.07, 6.45) is 0. The van der Waals surface area contributed by atoms with E-state index in [1.807, 2.05) is 0 Å². The zero-order chi connectivity index (χ0) is 21.8. The van der Waals surface area contributed by atoms with Crippen LogP contribution in [0.4, 0.5) is 0 Å². The topological polar surface area (TPSA) is 31.6 Å². The van der Waals surface area contributed by atoms with Gasteiger partial charge in [-0.05, 0) is 61.2 Å². The summed E-state index contributed by atoms with van der Waals surface area (Å²) in [5.74, 6) is 0. The Kier molecular flexibility index (Phi) is 3.37. The number of rotatable bonds is 1. The minimum absolute atomic E-state index is 0.400. The molecule has 0 unspecified atom stereocenters. The number of benzene rings is 4. The van der Waals surface area contributed by atoms with Crippen LogP contribution in [0.15, 0.2) is 71.1 Å². The Hall–Kier alpha value is -3.08. The van der Waals surface area contributed by atoms with Crippen molar-refractivity contribution >= 4 is 45.3 Å². The van der Waals surface area contributed by atoms with Crippen LogP contribution in [0.25, 0.3) is 55.0 Å². The van der Waals surface area contributed by atoms with Gasteiger partial charge in [-0.1, -0.05) is 60.7 Å². The van der Waals surface area contributed by atoms with Gasteiger partial charge in [-0.3, -0.25) is 0 Å². The molecule has 4 heteroatoms. The lowest BCUT2D eigenvalue weighted by molar-refractivity contribution is 0.00578. The van der Waals surface area contributed by atoms with Gasteiger partial charge in [0.2, 0.25) is 0 Å². The van der Waals surface area contributed by atoms with Crippen molar-refractivity contribution in [3.05, 3.63) is 66.7 Å². The lowest BCUT2D eigenvalue weighted by Gasteiger charge is -2.32. The van der Waals surface area contributed by atoms with Gasteiger partial charge in [-0.15, -0.1) is 0 Å². The molecule has 32 heavy (non-hydrogen) atoms. The Morgan fingerprint density at radius 2 is 1.38 bits per heavy atom. The van der Waals surface area contributed by atoms with Gasteiger partial charge in [0.1, 0.15) is 11.2 Å². The highest BCUT2D eigenvalue weighted by molar-refractivity contribution is 6.65. The third kappa shape index (κ3) is 2.19. The summed E-state index contributed by atoms with van der Waals surface area (Å²) in [6, 6.07) is 23.7. The minimum Gasteiger partial charge on any atom is -0.456 e. The lowest BCUT2D eigenvalue weighted by atomic mass is 9.78. The molecule has 0 radical (unpaired) electrons. The van der Waals surface area contributed by atoms with Gasteiger partial charge in [-0.25, -0.2) is 0 Å². The average Bonchev–Trinajstić information content (AvgIpc) is 3.36. The van der Waals surface area contributed by atoms with Crippen molar-refractivity contribution in [1.82, 2.24) is 0 Å². The summed E-state index contributed by atoms with van der Waals surface area (Å²) in [5, 5.41) is 4.79. The van der Waals surface area contributed by atoms with E-state index in [0.717, 1.165) is 22.0 Å². The largest absolute Gasteiger partial charge is 0.498 e. The molecule has 1 saturated heterocycles. The van der Waals surface area contributed by atoms with Crippen LogP contribution in [0.5, 0.6) is 0 Å². The van der Waals surface area contributed by atoms with Crippen molar-refractivity contribution in [2.75, 3.05) is 0 Å². The van der Waals surface area contributed by atoms with Crippen molar-refractivity contribution in [3.8, 4) is 22.3 Å². The van der Waals surface area contributed by atoms with Gasteiger partial charge in [0, 0.05) is 21.8 Å². The Morgan fingerprint density at radius 3 is 2.16 bits per heavy atom. The predicted molar refractivity (Wildman–Crippen MR) is 131 cm³/mol. The van der Waals surface area contributed by atoms with E-state index in [-0.39, 0.29) is 0 Å². The molecule has 1 aliphatic carbocycles. The Bertz CT molecular complexity index is 1580. The summed E-state index contributed by atoms with van der Waals surface area (Å²) in [5.41, 5.74) is 7.02. The van der Waals surface area contributed by atoms with Crippen LogP contribution in [-0.4, -0.2) is 18.3 Å².